The Morgan fingerprint density at radius 1 is 1.45 bits per heavy atom. The number of methoxy groups -OCH3 is 1. The minimum Gasteiger partial charge on any atom is -0.497 e. The fourth-order valence-corrected chi connectivity index (χ4v) is 2.04. The number of hydrogen-bond acceptors (Lipinski definition) is 4. The van der Waals surface area contributed by atoms with E-state index in [4.69, 9.17) is 4.74 Å². The average Bonchev–Trinajstić information content (AvgIpc) is 2.48. The molecule has 108 valence electrons. The van der Waals surface area contributed by atoms with Gasteiger partial charge in [0.05, 0.1) is 13.2 Å². The minimum absolute atomic E-state index is 0.0220. The Morgan fingerprint density at radius 2 is 2.20 bits per heavy atom. The van der Waals surface area contributed by atoms with Gasteiger partial charge in [0.2, 0.25) is 0 Å². The smallest absolute Gasteiger partial charge is 0.175 e. The molecule has 0 N–H and O–H groups in total. The number of ether oxygens (including phenoxy) is 1. The summed E-state index contributed by atoms with van der Waals surface area (Å²) in [4.78, 5) is 13.8. The van der Waals surface area contributed by atoms with E-state index in [0.717, 1.165) is 24.9 Å². The fourth-order valence-electron chi connectivity index (χ4n) is 2.04. The van der Waals surface area contributed by atoms with Crippen LogP contribution in [0.2, 0.25) is 0 Å². The molecule has 0 aliphatic rings. The molecule has 0 saturated heterocycles. The first kappa shape index (κ1) is 16.0. The molecule has 0 radical (unpaired) electrons. The number of ketones is 1. The van der Waals surface area contributed by atoms with Gasteiger partial charge in [-0.1, -0.05) is 25.8 Å². The zero-order valence-electron chi connectivity index (χ0n) is 12.4. The maximum absolute atomic E-state index is 12.1. The molecule has 0 bridgehead atoms. The molecule has 0 aliphatic heterocycles. The van der Waals surface area contributed by atoms with Gasteiger partial charge in [0.15, 0.2) is 11.8 Å². The molecule has 0 fully saturated rings. The summed E-state index contributed by atoms with van der Waals surface area (Å²) in [6.45, 7) is 2.09. The maximum Gasteiger partial charge on any atom is 0.175 e. The topological polar surface area (TPSA) is 53.3 Å². The SMILES string of the molecule is CCCCCC(=O)[C@@H](C#N)N(C)c1cccc(OC)c1. The second-order valence-electron chi connectivity index (χ2n) is 4.77. The largest absolute Gasteiger partial charge is 0.497 e. The van der Waals surface area contributed by atoms with Gasteiger partial charge in [0.25, 0.3) is 0 Å². The summed E-state index contributed by atoms with van der Waals surface area (Å²) in [5.74, 6) is 0.691. The number of hydrogen-bond donors (Lipinski definition) is 0. The number of carbonyl (C=O) groups excluding carboxylic acids is 1. The van der Waals surface area contributed by atoms with E-state index >= 15 is 0 Å². The van der Waals surface area contributed by atoms with Crippen LogP contribution in [0.15, 0.2) is 24.3 Å². The van der Waals surface area contributed by atoms with Crippen molar-refractivity contribution in [2.45, 2.75) is 38.6 Å². The summed E-state index contributed by atoms with van der Waals surface area (Å²) in [7, 11) is 3.36. The number of nitrogens with zero attached hydrogens (tertiary/aromatic N) is 2. The summed E-state index contributed by atoms with van der Waals surface area (Å²) in [6, 6.07) is 8.74. The third kappa shape index (κ3) is 4.27. The number of nitriles is 1. The van der Waals surface area contributed by atoms with Crippen molar-refractivity contribution in [3.05, 3.63) is 24.3 Å². The van der Waals surface area contributed by atoms with Gasteiger partial charge < -0.3 is 9.64 Å². The number of benzene rings is 1. The Kier molecular flexibility index (Phi) is 6.58. The number of unbranched alkanes of at least 4 members (excludes halogenated alkanes) is 2. The number of likely N-dealkylation sites (N-methyl/N-ethyl adjacent to an activating group) is 1. The molecular weight excluding hydrogens is 252 g/mol. The third-order valence-electron chi connectivity index (χ3n) is 3.30. The van der Waals surface area contributed by atoms with Crippen molar-refractivity contribution in [2.75, 3.05) is 19.1 Å². The van der Waals surface area contributed by atoms with Gasteiger partial charge >= 0.3 is 0 Å². The van der Waals surface area contributed by atoms with E-state index in [2.05, 4.69) is 13.0 Å². The quantitative estimate of drug-likeness (QED) is 0.683. The van der Waals surface area contributed by atoms with Gasteiger partial charge in [-0.3, -0.25) is 4.79 Å². The van der Waals surface area contributed by atoms with E-state index in [1.165, 1.54) is 0 Å². The predicted molar refractivity (Wildman–Crippen MR) is 79.9 cm³/mol. The Labute approximate surface area is 121 Å². The molecule has 20 heavy (non-hydrogen) atoms. The first-order valence-electron chi connectivity index (χ1n) is 6.93. The molecule has 0 amide bonds. The van der Waals surface area contributed by atoms with Gasteiger partial charge in [-0.05, 0) is 18.6 Å². The molecule has 1 aromatic carbocycles. The van der Waals surface area contributed by atoms with Gasteiger partial charge in [-0.2, -0.15) is 5.26 Å². The third-order valence-corrected chi connectivity index (χ3v) is 3.30. The monoisotopic (exact) mass is 274 g/mol. The van der Waals surface area contributed by atoms with E-state index < -0.39 is 6.04 Å². The molecule has 4 nitrogen and oxygen atoms in total. The highest BCUT2D eigenvalue weighted by atomic mass is 16.5. The van der Waals surface area contributed by atoms with Crippen LogP contribution < -0.4 is 9.64 Å². The van der Waals surface area contributed by atoms with Crippen LogP contribution in [0, 0.1) is 11.3 Å². The van der Waals surface area contributed by atoms with E-state index in [1.54, 1.807) is 19.1 Å². The maximum atomic E-state index is 12.1. The molecule has 1 atom stereocenters. The molecule has 4 heteroatoms. The number of anilines is 1. The van der Waals surface area contributed by atoms with Crippen LogP contribution in [-0.2, 0) is 4.79 Å². The average molecular weight is 274 g/mol. The molecule has 0 unspecified atom stereocenters. The van der Waals surface area contributed by atoms with Crippen molar-refractivity contribution in [2.24, 2.45) is 0 Å². The molecule has 1 aromatic rings. The normalized spacial score (nSPS) is 11.5. The van der Waals surface area contributed by atoms with Crippen molar-refractivity contribution in [1.82, 2.24) is 0 Å². The van der Waals surface area contributed by atoms with E-state index in [1.807, 2.05) is 24.3 Å². The highest BCUT2D eigenvalue weighted by Crippen LogP contribution is 2.22. The number of carbonyl (C=O) groups is 1. The Balaban J connectivity index is 2.78. The molecule has 0 heterocycles. The highest BCUT2D eigenvalue weighted by molar-refractivity contribution is 5.89. The van der Waals surface area contributed by atoms with Crippen LogP contribution in [0.3, 0.4) is 0 Å². The fraction of sp³-hybridized carbons (Fsp3) is 0.500. The summed E-state index contributed by atoms with van der Waals surface area (Å²) in [5.41, 5.74) is 0.805. The predicted octanol–water partition coefficient (Wildman–Crippen LogP) is 3.17. The zero-order chi connectivity index (χ0) is 15.0. The van der Waals surface area contributed by atoms with Crippen LogP contribution >= 0.6 is 0 Å². The molecule has 0 aliphatic carbocycles. The van der Waals surface area contributed by atoms with Crippen molar-refractivity contribution in [3.63, 3.8) is 0 Å². The van der Waals surface area contributed by atoms with Crippen LogP contribution in [0.25, 0.3) is 0 Å². The Morgan fingerprint density at radius 3 is 2.80 bits per heavy atom. The molecule has 0 saturated carbocycles. The van der Waals surface area contributed by atoms with Crippen LogP contribution in [0.1, 0.15) is 32.6 Å². The molecular formula is C16H22N2O2. The first-order valence-corrected chi connectivity index (χ1v) is 6.93. The van der Waals surface area contributed by atoms with Crippen LogP contribution in [0.4, 0.5) is 5.69 Å². The lowest BCUT2D eigenvalue weighted by molar-refractivity contribution is -0.119. The Hall–Kier alpha value is -2.02. The summed E-state index contributed by atoms with van der Waals surface area (Å²) in [6.07, 6.45) is 3.39. The molecule has 1 rings (SSSR count). The highest BCUT2D eigenvalue weighted by Gasteiger charge is 2.22. The van der Waals surface area contributed by atoms with Crippen LogP contribution in [0.5, 0.6) is 5.75 Å². The standard InChI is InChI=1S/C16H22N2O2/c1-4-5-6-10-16(19)15(12-17)18(2)13-8-7-9-14(11-13)20-3/h7-9,11,15H,4-6,10H2,1-3H3/t15-/m1/s1. The number of rotatable bonds is 8. The first-order chi connectivity index (χ1) is 9.63. The summed E-state index contributed by atoms with van der Waals surface area (Å²) >= 11 is 0. The number of Topliss-reactive ketones (excluding diaryl/α,β-unsaturated/α-hetero) is 1. The van der Waals surface area contributed by atoms with E-state index in [0.29, 0.717) is 12.2 Å². The van der Waals surface area contributed by atoms with Gasteiger partial charge in [0.1, 0.15) is 5.75 Å². The van der Waals surface area contributed by atoms with Crippen LogP contribution in [-0.4, -0.2) is 26.0 Å². The van der Waals surface area contributed by atoms with Crippen molar-refractivity contribution in [3.8, 4) is 11.8 Å². The summed E-state index contributed by atoms with van der Waals surface area (Å²) < 4.78 is 5.16. The van der Waals surface area contributed by atoms with Gasteiger partial charge in [-0.25, -0.2) is 0 Å². The Bertz CT molecular complexity index is 480. The van der Waals surface area contributed by atoms with Crippen molar-refractivity contribution < 1.29 is 9.53 Å². The lowest BCUT2D eigenvalue weighted by Crippen LogP contribution is -2.37. The van der Waals surface area contributed by atoms with Gasteiger partial charge in [-0.15, -0.1) is 0 Å². The minimum atomic E-state index is -0.737. The lowest BCUT2D eigenvalue weighted by atomic mass is 10.1. The van der Waals surface area contributed by atoms with Crippen molar-refractivity contribution >= 4 is 11.5 Å². The summed E-state index contributed by atoms with van der Waals surface area (Å²) in [5, 5.41) is 9.27. The lowest BCUT2D eigenvalue weighted by Gasteiger charge is -2.24. The zero-order valence-corrected chi connectivity index (χ0v) is 12.4. The van der Waals surface area contributed by atoms with Gasteiger partial charge in [0, 0.05) is 25.2 Å². The van der Waals surface area contributed by atoms with Crippen molar-refractivity contribution in [1.29, 1.82) is 5.26 Å². The molecule has 0 spiro atoms. The second-order valence-corrected chi connectivity index (χ2v) is 4.77. The second kappa shape index (κ2) is 8.21. The van der Waals surface area contributed by atoms with E-state index in [9.17, 15) is 10.1 Å². The van der Waals surface area contributed by atoms with E-state index in [-0.39, 0.29) is 5.78 Å². The molecule has 0 aromatic heterocycles.